The van der Waals surface area contributed by atoms with Gasteiger partial charge in [0.2, 0.25) is 0 Å². The Bertz CT molecular complexity index is 688. The van der Waals surface area contributed by atoms with E-state index >= 15 is 0 Å². The minimum Gasteiger partial charge on any atom is -0.301 e. The second-order valence-electron chi connectivity index (χ2n) is 3.33. The lowest BCUT2D eigenvalue weighted by atomic mass is 10.1. The number of hydrogen-bond donors (Lipinski definition) is 1. The molecule has 88 valence electrons. The number of nitriles is 1. The van der Waals surface area contributed by atoms with Crippen molar-refractivity contribution in [3.63, 3.8) is 0 Å². The summed E-state index contributed by atoms with van der Waals surface area (Å²) in [6.07, 6.45) is 2.07. The predicted octanol–water partition coefficient (Wildman–Crippen LogP) is 1.61. The zero-order valence-electron chi connectivity index (χ0n) is 9.08. The van der Waals surface area contributed by atoms with Gasteiger partial charge in [0.1, 0.15) is 12.4 Å². The monoisotopic (exact) mass is 257 g/mol. The third kappa shape index (κ3) is 2.64. The Labute approximate surface area is 106 Å². The fraction of sp³-hybridized carbons (Fsp3) is 0. The van der Waals surface area contributed by atoms with Crippen LogP contribution in [0, 0.1) is 11.3 Å². The van der Waals surface area contributed by atoms with E-state index in [1.807, 2.05) is 6.07 Å². The van der Waals surface area contributed by atoms with Crippen molar-refractivity contribution in [2.75, 3.05) is 0 Å². The average molecular weight is 257 g/mol. The maximum absolute atomic E-state index is 11.1. The minimum absolute atomic E-state index is 0.254. The molecule has 1 aromatic carbocycles. The molecule has 0 saturated carbocycles. The van der Waals surface area contributed by atoms with Crippen molar-refractivity contribution in [1.29, 1.82) is 5.26 Å². The molecule has 0 aliphatic heterocycles. The van der Waals surface area contributed by atoms with Crippen molar-refractivity contribution in [1.82, 2.24) is 9.97 Å². The third-order valence-corrected chi connectivity index (χ3v) is 3.09. The summed E-state index contributed by atoms with van der Waals surface area (Å²) in [6.45, 7) is 0. The lowest BCUT2D eigenvalue weighted by Gasteiger charge is -2.03. The van der Waals surface area contributed by atoms with E-state index in [1.165, 1.54) is 30.1 Å². The van der Waals surface area contributed by atoms with Crippen LogP contribution in [-0.4, -0.2) is 16.3 Å². The number of aldehydes is 1. The lowest BCUT2D eigenvalue weighted by Crippen LogP contribution is -2.05. The van der Waals surface area contributed by atoms with Gasteiger partial charge in [0.25, 0.3) is 5.56 Å². The highest BCUT2D eigenvalue weighted by atomic mass is 32.2. The molecule has 0 aliphatic carbocycles. The number of aromatic nitrogens is 2. The Kier molecular flexibility index (Phi) is 3.55. The molecule has 0 radical (unpaired) electrons. The Morgan fingerprint density at radius 3 is 2.89 bits per heavy atom. The SMILES string of the molecule is N#Cc1cc(C=O)ccc1Sc1nccc(=O)[nH]1. The van der Waals surface area contributed by atoms with Crippen LogP contribution < -0.4 is 5.56 Å². The van der Waals surface area contributed by atoms with Crippen molar-refractivity contribution in [2.45, 2.75) is 10.1 Å². The van der Waals surface area contributed by atoms with Crippen LogP contribution in [-0.2, 0) is 0 Å². The van der Waals surface area contributed by atoms with Gasteiger partial charge in [-0.25, -0.2) is 4.98 Å². The highest BCUT2D eigenvalue weighted by Gasteiger charge is 2.06. The van der Waals surface area contributed by atoms with Gasteiger partial charge >= 0.3 is 0 Å². The molecule has 0 unspecified atom stereocenters. The molecule has 0 fully saturated rings. The molecule has 0 aliphatic rings. The lowest BCUT2D eigenvalue weighted by molar-refractivity contribution is 0.112. The molecule has 1 aromatic heterocycles. The molecule has 0 saturated heterocycles. The highest BCUT2D eigenvalue weighted by Crippen LogP contribution is 2.27. The summed E-state index contributed by atoms with van der Waals surface area (Å²) in [6, 6.07) is 8.07. The van der Waals surface area contributed by atoms with Gasteiger partial charge in [-0.05, 0) is 12.1 Å². The van der Waals surface area contributed by atoms with E-state index in [1.54, 1.807) is 12.1 Å². The molecular weight excluding hydrogens is 250 g/mol. The topological polar surface area (TPSA) is 86.6 Å². The minimum atomic E-state index is -0.254. The van der Waals surface area contributed by atoms with Crippen LogP contribution in [0.4, 0.5) is 0 Å². The molecular formula is C12H7N3O2S. The maximum Gasteiger partial charge on any atom is 0.251 e. The third-order valence-electron chi connectivity index (χ3n) is 2.11. The average Bonchev–Trinajstić information content (AvgIpc) is 2.39. The Balaban J connectivity index is 2.38. The van der Waals surface area contributed by atoms with E-state index in [0.29, 0.717) is 27.5 Å². The molecule has 1 heterocycles. The number of carbonyl (C=O) groups excluding carboxylic acids is 1. The number of rotatable bonds is 3. The van der Waals surface area contributed by atoms with E-state index in [9.17, 15) is 9.59 Å². The highest BCUT2D eigenvalue weighted by molar-refractivity contribution is 7.99. The summed E-state index contributed by atoms with van der Waals surface area (Å²) in [5, 5.41) is 9.40. The largest absolute Gasteiger partial charge is 0.301 e. The molecule has 0 atom stereocenters. The maximum atomic E-state index is 11.1. The first-order chi connectivity index (χ1) is 8.72. The van der Waals surface area contributed by atoms with Gasteiger partial charge in [-0.2, -0.15) is 5.26 Å². The number of benzene rings is 1. The number of hydrogen-bond acceptors (Lipinski definition) is 5. The Hall–Kier alpha value is -2.39. The van der Waals surface area contributed by atoms with Crippen molar-refractivity contribution in [2.24, 2.45) is 0 Å². The van der Waals surface area contributed by atoms with Gasteiger partial charge in [-0.3, -0.25) is 9.59 Å². The van der Waals surface area contributed by atoms with E-state index in [4.69, 9.17) is 5.26 Å². The fourth-order valence-electron chi connectivity index (χ4n) is 1.31. The molecule has 0 spiro atoms. The van der Waals surface area contributed by atoms with Crippen LogP contribution in [0.5, 0.6) is 0 Å². The molecule has 2 aromatic rings. The Morgan fingerprint density at radius 2 is 2.22 bits per heavy atom. The molecule has 2 rings (SSSR count). The Morgan fingerprint density at radius 1 is 1.39 bits per heavy atom. The molecule has 1 N–H and O–H groups in total. The van der Waals surface area contributed by atoms with E-state index < -0.39 is 0 Å². The first kappa shape index (κ1) is 12.1. The summed E-state index contributed by atoms with van der Waals surface area (Å²) in [7, 11) is 0. The normalized spacial score (nSPS) is 9.72. The predicted molar refractivity (Wildman–Crippen MR) is 65.5 cm³/mol. The van der Waals surface area contributed by atoms with Gasteiger partial charge in [0, 0.05) is 22.7 Å². The molecule has 0 bridgehead atoms. The number of nitrogens with zero attached hydrogens (tertiary/aromatic N) is 2. The van der Waals surface area contributed by atoms with E-state index in [0.717, 1.165) is 0 Å². The molecule has 0 amide bonds. The molecule has 5 nitrogen and oxygen atoms in total. The van der Waals surface area contributed by atoms with Crippen LogP contribution in [0.2, 0.25) is 0 Å². The van der Waals surface area contributed by atoms with Crippen molar-refractivity contribution >= 4 is 18.0 Å². The summed E-state index contributed by atoms with van der Waals surface area (Å²) in [5.74, 6) is 0. The molecule has 6 heteroatoms. The van der Waals surface area contributed by atoms with Crippen LogP contribution in [0.25, 0.3) is 0 Å². The van der Waals surface area contributed by atoms with Crippen LogP contribution in [0.1, 0.15) is 15.9 Å². The van der Waals surface area contributed by atoms with E-state index in [2.05, 4.69) is 9.97 Å². The standard InChI is InChI=1S/C12H7N3O2S/c13-6-9-5-8(7-16)1-2-10(9)18-12-14-4-3-11(17)15-12/h1-5,7H,(H,14,15,17). The van der Waals surface area contributed by atoms with Crippen molar-refractivity contribution in [3.8, 4) is 6.07 Å². The van der Waals surface area contributed by atoms with Gasteiger partial charge in [0.15, 0.2) is 5.16 Å². The second-order valence-corrected chi connectivity index (χ2v) is 4.36. The van der Waals surface area contributed by atoms with Crippen molar-refractivity contribution < 1.29 is 4.79 Å². The summed E-state index contributed by atoms with van der Waals surface area (Å²) in [4.78, 5) is 28.9. The first-order valence-electron chi connectivity index (χ1n) is 4.95. The fourth-order valence-corrected chi connectivity index (χ4v) is 2.13. The number of carbonyl (C=O) groups is 1. The van der Waals surface area contributed by atoms with Crippen molar-refractivity contribution in [3.05, 3.63) is 51.9 Å². The molecule has 18 heavy (non-hydrogen) atoms. The summed E-state index contributed by atoms with van der Waals surface area (Å²) in [5.41, 5.74) is 0.553. The van der Waals surface area contributed by atoms with Crippen LogP contribution >= 0.6 is 11.8 Å². The van der Waals surface area contributed by atoms with Gasteiger partial charge in [0.05, 0.1) is 5.56 Å². The first-order valence-corrected chi connectivity index (χ1v) is 5.77. The zero-order chi connectivity index (χ0) is 13.0. The number of nitrogens with one attached hydrogen (secondary N) is 1. The van der Waals surface area contributed by atoms with Gasteiger partial charge in [-0.1, -0.05) is 17.8 Å². The summed E-state index contributed by atoms with van der Waals surface area (Å²) >= 11 is 1.17. The number of H-pyrrole nitrogens is 1. The van der Waals surface area contributed by atoms with Gasteiger partial charge in [-0.15, -0.1) is 0 Å². The van der Waals surface area contributed by atoms with Crippen LogP contribution in [0.3, 0.4) is 0 Å². The smallest absolute Gasteiger partial charge is 0.251 e. The number of aromatic amines is 1. The van der Waals surface area contributed by atoms with Crippen LogP contribution in [0.15, 0.2) is 45.3 Å². The van der Waals surface area contributed by atoms with Gasteiger partial charge < -0.3 is 4.98 Å². The summed E-state index contributed by atoms with van der Waals surface area (Å²) < 4.78 is 0. The van der Waals surface area contributed by atoms with E-state index in [-0.39, 0.29) is 5.56 Å². The quantitative estimate of drug-likeness (QED) is 0.666. The zero-order valence-corrected chi connectivity index (χ0v) is 9.90. The second kappa shape index (κ2) is 5.29.